The number of urea groups is 1. The highest BCUT2D eigenvalue weighted by Crippen LogP contribution is 2.32. The fourth-order valence-electron chi connectivity index (χ4n) is 2.68. The Morgan fingerprint density at radius 2 is 1.83 bits per heavy atom. The highest BCUT2D eigenvalue weighted by atomic mass is 19.4. The van der Waals surface area contributed by atoms with E-state index in [9.17, 15) is 27.6 Å². The highest BCUT2D eigenvalue weighted by molar-refractivity contribution is 6.32. The number of rotatable bonds is 4. The van der Waals surface area contributed by atoms with Crippen LogP contribution < -0.4 is 15.0 Å². The van der Waals surface area contributed by atoms with E-state index in [2.05, 4.69) is 4.99 Å². The first-order valence-corrected chi connectivity index (χ1v) is 8.25. The first-order valence-electron chi connectivity index (χ1n) is 8.25. The summed E-state index contributed by atoms with van der Waals surface area (Å²) >= 11 is 0. The summed E-state index contributed by atoms with van der Waals surface area (Å²) in [5, 5.41) is 1.95. The second-order valence-electron chi connectivity index (χ2n) is 5.94. The first kappa shape index (κ1) is 20.1. The van der Waals surface area contributed by atoms with Crippen LogP contribution in [-0.2, 0) is 15.8 Å². The summed E-state index contributed by atoms with van der Waals surface area (Å²) in [6.45, 7) is 0. The molecule has 29 heavy (non-hydrogen) atoms. The molecule has 2 aromatic rings. The SMILES string of the molecule is COc1ccccc1N=C[C@@H]1C(=O)NC(=O)N(c2cccc(C(F)(F)F)c2)C1=O. The van der Waals surface area contributed by atoms with Gasteiger partial charge < -0.3 is 4.74 Å². The molecule has 0 bridgehead atoms. The van der Waals surface area contributed by atoms with Crippen LogP contribution >= 0.6 is 0 Å². The number of hydrogen-bond acceptors (Lipinski definition) is 5. The number of ether oxygens (including phenoxy) is 1. The van der Waals surface area contributed by atoms with Crippen LogP contribution in [0.2, 0.25) is 0 Å². The largest absolute Gasteiger partial charge is 0.494 e. The number of aliphatic imine (C=N–C) groups is 1. The number of halogens is 3. The third kappa shape index (κ3) is 4.10. The van der Waals surface area contributed by atoms with Gasteiger partial charge in [0, 0.05) is 6.21 Å². The Morgan fingerprint density at radius 1 is 1.10 bits per heavy atom. The van der Waals surface area contributed by atoms with Gasteiger partial charge in [0.2, 0.25) is 5.91 Å². The Morgan fingerprint density at radius 3 is 2.52 bits per heavy atom. The van der Waals surface area contributed by atoms with Gasteiger partial charge in [-0.1, -0.05) is 18.2 Å². The van der Waals surface area contributed by atoms with Crippen molar-refractivity contribution in [1.82, 2.24) is 5.32 Å². The minimum Gasteiger partial charge on any atom is -0.494 e. The summed E-state index contributed by atoms with van der Waals surface area (Å²) in [7, 11) is 1.42. The van der Waals surface area contributed by atoms with Gasteiger partial charge in [-0.2, -0.15) is 13.2 Å². The maximum Gasteiger partial charge on any atom is 0.416 e. The maximum atomic E-state index is 13.0. The monoisotopic (exact) mass is 405 g/mol. The Hall–Kier alpha value is -3.69. The van der Waals surface area contributed by atoms with Crippen molar-refractivity contribution in [3.63, 3.8) is 0 Å². The zero-order valence-corrected chi connectivity index (χ0v) is 14.9. The second-order valence-corrected chi connectivity index (χ2v) is 5.94. The quantitative estimate of drug-likeness (QED) is 0.625. The van der Waals surface area contributed by atoms with Gasteiger partial charge in [-0.3, -0.25) is 19.9 Å². The third-order valence-corrected chi connectivity index (χ3v) is 4.08. The molecule has 1 aliphatic rings. The number of hydrogen-bond donors (Lipinski definition) is 1. The predicted octanol–water partition coefficient (Wildman–Crippen LogP) is 3.32. The number of nitrogens with one attached hydrogen (secondary N) is 1. The molecule has 1 aliphatic heterocycles. The van der Waals surface area contributed by atoms with Crippen molar-refractivity contribution in [1.29, 1.82) is 0 Å². The predicted molar refractivity (Wildman–Crippen MR) is 97.1 cm³/mol. The normalized spacial score (nSPS) is 17.6. The van der Waals surface area contributed by atoms with Crippen LogP contribution in [0.1, 0.15) is 5.56 Å². The minimum absolute atomic E-state index is 0.314. The number of imide groups is 2. The maximum absolute atomic E-state index is 13.0. The molecule has 0 aromatic heterocycles. The van der Waals surface area contributed by atoms with Gasteiger partial charge in [0.05, 0.1) is 18.4 Å². The fraction of sp³-hybridized carbons (Fsp3) is 0.158. The van der Waals surface area contributed by atoms with Gasteiger partial charge in [0.1, 0.15) is 11.4 Å². The lowest BCUT2D eigenvalue weighted by Crippen LogP contribution is -2.58. The van der Waals surface area contributed by atoms with E-state index < -0.39 is 35.5 Å². The molecular weight excluding hydrogens is 391 g/mol. The smallest absolute Gasteiger partial charge is 0.416 e. The lowest BCUT2D eigenvalue weighted by Gasteiger charge is -2.28. The summed E-state index contributed by atoms with van der Waals surface area (Å²) in [4.78, 5) is 41.5. The number of benzene rings is 2. The van der Waals surface area contributed by atoms with Crippen molar-refractivity contribution in [2.75, 3.05) is 12.0 Å². The molecule has 0 spiro atoms. The van der Waals surface area contributed by atoms with E-state index >= 15 is 0 Å². The molecule has 150 valence electrons. The van der Waals surface area contributed by atoms with Crippen molar-refractivity contribution in [2.24, 2.45) is 10.9 Å². The van der Waals surface area contributed by atoms with Crippen molar-refractivity contribution in [3.05, 3.63) is 54.1 Å². The number of nitrogens with zero attached hydrogens (tertiary/aromatic N) is 2. The van der Waals surface area contributed by atoms with E-state index in [1.807, 2.05) is 5.32 Å². The van der Waals surface area contributed by atoms with Gasteiger partial charge in [0.25, 0.3) is 5.91 Å². The lowest BCUT2D eigenvalue weighted by atomic mass is 10.1. The average molecular weight is 405 g/mol. The van der Waals surface area contributed by atoms with E-state index in [4.69, 9.17) is 4.74 Å². The summed E-state index contributed by atoms with van der Waals surface area (Å²) < 4.78 is 44.0. The van der Waals surface area contributed by atoms with Crippen LogP contribution in [0.15, 0.2) is 53.5 Å². The second kappa shape index (κ2) is 7.74. The number of anilines is 1. The van der Waals surface area contributed by atoms with Gasteiger partial charge >= 0.3 is 12.2 Å². The minimum atomic E-state index is -4.66. The van der Waals surface area contributed by atoms with Crippen LogP contribution in [0.25, 0.3) is 0 Å². The summed E-state index contributed by atoms with van der Waals surface area (Å²) in [6, 6.07) is 9.11. The number of methoxy groups -OCH3 is 1. The molecule has 0 saturated carbocycles. The average Bonchev–Trinajstić information content (AvgIpc) is 2.67. The Labute approximate surface area is 162 Å². The van der Waals surface area contributed by atoms with Crippen LogP contribution in [-0.4, -0.2) is 31.2 Å². The topological polar surface area (TPSA) is 88.1 Å². The molecule has 1 atom stereocenters. The van der Waals surface area contributed by atoms with Gasteiger partial charge in [0.15, 0.2) is 5.92 Å². The highest BCUT2D eigenvalue weighted by Gasteiger charge is 2.41. The molecule has 1 N–H and O–H groups in total. The molecule has 4 amide bonds. The number of barbiturate groups is 1. The van der Waals surface area contributed by atoms with Crippen molar-refractivity contribution in [3.8, 4) is 5.75 Å². The molecule has 10 heteroatoms. The molecule has 0 unspecified atom stereocenters. The molecule has 0 radical (unpaired) electrons. The van der Waals surface area contributed by atoms with Crippen LogP contribution in [0, 0.1) is 5.92 Å². The number of carbonyl (C=O) groups is 3. The van der Waals surface area contributed by atoms with Gasteiger partial charge in [-0.25, -0.2) is 9.69 Å². The summed E-state index contributed by atoms with van der Waals surface area (Å²) in [6.07, 6.45) is -3.64. The zero-order valence-electron chi connectivity index (χ0n) is 14.9. The van der Waals surface area contributed by atoms with Gasteiger partial charge in [-0.05, 0) is 30.3 Å². The number of alkyl halides is 3. The number of para-hydroxylation sites is 2. The van der Waals surface area contributed by atoms with Crippen LogP contribution in [0.5, 0.6) is 5.75 Å². The van der Waals surface area contributed by atoms with Gasteiger partial charge in [-0.15, -0.1) is 0 Å². The molecule has 3 rings (SSSR count). The first-order chi connectivity index (χ1) is 13.7. The number of amides is 4. The van der Waals surface area contributed by atoms with Crippen molar-refractivity contribution >= 4 is 35.4 Å². The zero-order chi connectivity index (χ0) is 21.2. The van der Waals surface area contributed by atoms with E-state index in [0.29, 0.717) is 22.4 Å². The standard InChI is InChI=1S/C19H14F3N3O4/c1-29-15-8-3-2-7-14(15)23-10-13-16(26)24-18(28)25(17(13)27)12-6-4-5-11(9-12)19(20,21)22/h2-10,13H,1H3,(H,24,26,28)/t13-/m1/s1. The van der Waals surface area contributed by atoms with E-state index in [1.165, 1.54) is 7.11 Å². The Bertz CT molecular complexity index is 1000. The molecule has 7 nitrogen and oxygen atoms in total. The van der Waals surface area contributed by atoms with E-state index in [0.717, 1.165) is 24.4 Å². The molecule has 1 fully saturated rings. The third-order valence-electron chi connectivity index (χ3n) is 4.08. The van der Waals surface area contributed by atoms with Crippen LogP contribution in [0.3, 0.4) is 0 Å². The Kier molecular flexibility index (Phi) is 5.35. The lowest BCUT2D eigenvalue weighted by molar-refractivity contribution is -0.138. The van der Waals surface area contributed by atoms with E-state index in [-0.39, 0.29) is 5.69 Å². The summed E-state index contributed by atoms with van der Waals surface area (Å²) in [5.74, 6) is -3.07. The molecule has 1 heterocycles. The van der Waals surface area contributed by atoms with Crippen LogP contribution in [0.4, 0.5) is 29.3 Å². The molecule has 2 aromatic carbocycles. The van der Waals surface area contributed by atoms with Crippen molar-refractivity contribution in [2.45, 2.75) is 6.18 Å². The molecule has 0 aliphatic carbocycles. The fourth-order valence-corrected chi connectivity index (χ4v) is 2.68. The summed E-state index contributed by atoms with van der Waals surface area (Å²) in [5.41, 5.74) is -1.02. The van der Waals surface area contributed by atoms with Crippen molar-refractivity contribution < 1.29 is 32.3 Å². The number of carbonyl (C=O) groups excluding carboxylic acids is 3. The van der Waals surface area contributed by atoms with E-state index in [1.54, 1.807) is 24.3 Å². The molecular formula is C19H14F3N3O4. The molecule has 1 saturated heterocycles. The Balaban J connectivity index is 1.94.